The summed E-state index contributed by atoms with van der Waals surface area (Å²) in [6.07, 6.45) is 2.48. The summed E-state index contributed by atoms with van der Waals surface area (Å²) in [6.45, 7) is 2.09. The number of aryl methyl sites for hydroxylation is 1. The molecule has 5 nitrogen and oxygen atoms in total. The number of amides is 1. The summed E-state index contributed by atoms with van der Waals surface area (Å²) in [4.78, 5) is 24.4. The first-order chi connectivity index (χ1) is 12.5. The smallest absolute Gasteiger partial charge is 0.328 e. The van der Waals surface area contributed by atoms with E-state index in [-0.39, 0.29) is 12.5 Å². The van der Waals surface area contributed by atoms with Gasteiger partial charge < -0.3 is 14.6 Å². The summed E-state index contributed by atoms with van der Waals surface area (Å²) < 4.78 is 7.20. The number of aromatic nitrogens is 1. The Kier molecular flexibility index (Phi) is 7.86. The van der Waals surface area contributed by atoms with Gasteiger partial charge in [0.2, 0.25) is 5.91 Å². The number of thioether (sulfide) groups is 1. The number of thiazole rings is 1. The number of rotatable bonds is 8. The van der Waals surface area contributed by atoms with Gasteiger partial charge >= 0.3 is 5.97 Å². The molecule has 1 amide bonds. The molecule has 1 aromatic carbocycles. The van der Waals surface area contributed by atoms with E-state index in [4.69, 9.17) is 17.0 Å². The van der Waals surface area contributed by atoms with Gasteiger partial charge in [0.15, 0.2) is 3.95 Å². The van der Waals surface area contributed by atoms with Gasteiger partial charge in [-0.05, 0) is 43.1 Å². The van der Waals surface area contributed by atoms with Gasteiger partial charge in [0, 0.05) is 5.38 Å². The van der Waals surface area contributed by atoms with E-state index in [1.165, 1.54) is 24.0 Å². The zero-order valence-corrected chi connectivity index (χ0v) is 17.4. The molecule has 140 valence electrons. The maximum Gasteiger partial charge on any atom is 0.328 e. The van der Waals surface area contributed by atoms with Crippen molar-refractivity contribution >= 4 is 47.2 Å². The zero-order valence-electron chi connectivity index (χ0n) is 15.0. The van der Waals surface area contributed by atoms with E-state index >= 15 is 0 Å². The summed E-state index contributed by atoms with van der Waals surface area (Å²) in [5, 5.41) is 4.72. The van der Waals surface area contributed by atoms with Crippen molar-refractivity contribution in [3.05, 3.63) is 39.2 Å². The minimum absolute atomic E-state index is 0.0678. The van der Waals surface area contributed by atoms with Crippen molar-refractivity contribution in [3.63, 3.8) is 0 Å². The van der Waals surface area contributed by atoms with Crippen LogP contribution in [0.5, 0.6) is 0 Å². The molecule has 0 unspecified atom stereocenters. The van der Waals surface area contributed by atoms with Crippen molar-refractivity contribution in [2.45, 2.75) is 25.9 Å². The molecule has 1 N–H and O–H groups in total. The monoisotopic (exact) mass is 410 g/mol. The normalized spacial score (nSPS) is 11.8. The molecule has 0 fully saturated rings. The molecule has 0 aliphatic heterocycles. The molecule has 0 spiro atoms. The molecule has 1 aromatic heterocycles. The first-order valence-corrected chi connectivity index (χ1v) is 10.8. The van der Waals surface area contributed by atoms with Gasteiger partial charge in [-0.2, -0.15) is 11.8 Å². The Hall–Kier alpha value is -1.64. The van der Waals surface area contributed by atoms with Crippen LogP contribution in [0.15, 0.2) is 29.6 Å². The molecular formula is C18H22N2O3S3. The third-order valence-electron chi connectivity index (χ3n) is 3.86. The van der Waals surface area contributed by atoms with E-state index in [1.54, 1.807) is 16.3 Å². The Morgan fingerprint density at radius 2 is 2.04 bits per heavy atom. The van der Waals surface area contributed by atoms with E-state index in [0.717, 1.165) is 17.0 Å². The van der Waals surface area contributed by atoms with Crippen LogP contribution in [0.2, 0.25) is 0 Å². The lowest BCUT2D eigenvalue weighted by Gasteiger charge is -2.17. The summed E-state index contributed by atoms with van der Waals surface area (Å²) >= 11 is 8.41. The van der Waals surface area contributed by atoms with Gasteiger partial charge in [0.05, 0.1) is 12.8 Å². The molecule has 0 bridgehead atoms. The number of benzene rings is 1. The Labute approximate surface area is 166 Å². The third-order valence-corrected chi connectivity index (χ3v) is 5.78. The Morgan fingerprint density at radius 3 is 2.65 bits per heavy atom. The predicted octanol–water partition coefficient (Wildman–Crippen LogP) is 3.67. The zero-order chi connectivity index (χ0) is 19.1. The molecule has 8 heteroatoms. The van der Waals surface area contributed by atoms with Crippen molar-refractivity contribution in [2.24, 2.45) is 0 Å². The van der Waals surface area contributed by atoms with E-state index in [1.807, 2.05) is 42.8 Å². The Balaban J connectivity index is 2.16. The van der Waals surface area contributed by atoms with E-state index in [9.17, 15) is 9.59 Å². The summed E-state index contributed by atoms with van der Waals surface area (Å²) in [7, 11) is 1.32. The molecule has 0 saturated heterocycles. The fraction of sp³-hybridized carbons (Fsp3) is 0.389. The highest BCUT2D eigenvalue weighted by atomic mass is 32.2. The van der Waals surface area contributed by atoms with Crippen molar-refractivity contribution < 1.29 is 14.3 Å². The number of methoxy groups -OCH3 is 1. The maximum absolute atomic E-state index is 12.5. The van der Waals surface area contributed by atoms with Gasteiger partial charge in [0.25, 0.3) is 0 Å². The second-order valence-corrected chi connectivity index (χ2v) is 8.25. The number of ether oxygens (including phenoxy) is 1. The highest BCUT2D eigenvalue weighted by Crippen LogP contribution is 2.24. The second-order valence-electron chi connectivity index (χ2n) is 5.76. The maximum atomic E-state index is 12.5. The lowest BCUT2D eigenvalue weighted by molar-refractivity contribution is -0.145. The average Bonchev–Trinajstić information content (AvgIpc) is 2.99. The predicted molar refractivity (Wildman–Crippen MR) is 110 cm³/mol. The summed E-state index contributed by atoms with van der Waals surface area (Å²) in [5.41, 5.74) is 3.07. The summed E-state index contributed by atoms with van der Waals surface area (Å²) in [5.74, 6) is 0.0662. The average molecular weight is 411 g/mol. The number of hydrogen-bond donors (Lipinski definition) is 1. The molecule has 1 heterocycles. The van der Waals surface area contributed by atoms with Gasteiger partial charge in [-0.1, -0.05) is 29.8 Å². The van der Waals surface area contributed by atoms with Crippen LogP contribution in [0, 0.1) is 10.9 Å². The van der Waals surface area contributed by atoms with E-state index in [2.05, 4.69) is 5.32 Å². The van der Waals surface area contributed by atoms with Gasteiger partial charge in [-0.25, -0.2) is 4.79 Å². The van der Waals surface area contributed by atoms with Crippen LogP contribution in [-0.4, -0.2) is 41.6 Å². The number of hydrogen-bond acceptors (Lipinski definition) is 6. The van der Waals surface area contributed by atoms with Crippen LogP contribution in [0.1, 0.15) is 12.0 Å². The first-order valence-electron chi connectivity index (χ1n) is 8.07. The molecule has 26 heavy (non-hydrogen) atoms. The quantitative estimate of drug-likeness (QED) is 0.532. The molecule has 0 radical (unpaired) electrons. The lowest BCUT2D eigenvalue weighted by atomic mass is 10.1. The topological polar surface area (TPSA) is 60.3 Å². The minimum atomic E-state index is -0.643. The molecule has 0 aliphatic rings. The number of carbonyl (C=O) groups excluding carboxylic acids is 2. The van der Waals surface area contributed by atoms with Crippen molar-refractivity contribution in [3.8, 4) is 11.3 Å². The third kappa shape index (κ3) is 5.43. The largest absolute Gasteiger partial charge is 0.467 e. The van der Waals surface area contributed by atoms with Crippen LogP contribution < -0.4 is 5.32 Å². The van der Waals surface area contributed by atoms with Gasteiger partial charge in [-0.3, -0.25) is 4.79 Å². The second kappa shape index (κ2) is 9.89. The molecule has 0 saturated carbocycles. The van der Waals surface area contributed by atoms with Crippen LogP contribution in [0.4, 0.5) is 0 Å². The number of nitrogens with one attached hydrogen (secondary N) is 1. The van der Waals surface area contributed by atoms with Crippen molar-refractivity contribution in [1.29, 1.82) is 0 Å². The molecular weight excluding hydrogens is 388 g/mol. The first kappa shape index (κ1) is 20.7. The number of esters is 1. The minimum Gasteiger partial charge on any atom is -0.467 e. The highest BCUT2D eigenvalue weighted by Gasteiger charge is 2.21. The lowest BCUT2D eigenvalue weighted by Crippen LogP contribution is -2.43. The SMILES string of the molecule is COC(=O)[C@H](CCSC)NC(=O)Cn1c(-c2ccc(C)cc2)csc1=S. The molecule has 0 aliphatic carbocycles. The van der Waals surface area contributed by atoms with Crippen molar-refractivity contribution in [1.82, 2.24) is 9.88 Å². The highest BCUT2D eigenvalue weighted by molar-refractivity contribution is 7.98. The van der Waals surface area contributed by atoms with Crippen LogP contribution >= 0.6 is 35.3 Å². The number of carbonyl (C=O) groups is 2. The van der Waals surface area contributed by atoms with Crippen LogP contribution in [0.3, 0.4) is 0 Å². The van der Waals surface area contributed by atoms with Crippen molar-refractivity contribution in [2.75, 3.05) is 19.1 Å². The molecule has 1 atom stereocenters. The fourth-order valence-electron chi connectivity index (χ4n) is 2.44. The van der Waals surface area contributed by atoms with Crippen LogP contribution in [-0.2, 0) is 20.9 Å². The van der Waals surface area contributed by atoms with Crippen LogP contribution in [0.25, 0.3) is 11.3 Å². The number of nitrogens with zero attached hydrogens (tertiary/aromatic N) is 1. The molecule has 2 rings (SSSR count). The fourth-order valence-corrected chi connectivity index (χ4v) is 3.98. The van der Waals surface area contributed by atoms with Gasteiger partial charge in [-0.15, -0.1) is 11.3 Å². The van der Waals surface area contributed by atoms with Gasteiger partial charge in [0.1, 0.15) is 12.6 Å². The standard InChI is InChI=1S/C18H22N2O3S3/c1-12-4-6-13(7-5-12)15-11-26-18(24)20(15)10-16(21)19-14(8-9-25-3)17(22)23-2/h4-7,11,14H,8-10H2,1-3H3,(H,19,21)/t14-/m0/s1. The molecule has 2 aromatic rings. The Bertz CT molecular complexity index is 812. The van der Waals surface area contributed by atoms with E-state index in [0.29, 0.717) is 10.4 Å². The summed E-state index contributed by atoms with van der Waals surface area (Å²) in [6, 6.07) is 7.43. The Morgan fingerprint density at radius 1 is 1.35 bits per heavy atom. The van der Waals surface area contributed by atoms with E-state index < -0.39 is 12.0 Å².